The molecule has 0 saturated carbocycles. The van der Waals surface area contributed by atoms with E-state index in [0.29, 0.717) is 5.69 Å². The first-order valence-electron chi connectivity index (χ1n) is 9.34. The van der Waals surface area contributed by atoms with Crippen molar-refractivity contribution in [3.05, 3.63) is 53.8 Å². The fourth-order valence-corrected chi connectivity index (χ4v) is 4.17. The molecule has 1 aliphatic rings. The lowest BCUT2D eigenvalue weighted by Gasteiger charge is -2.27. The molecule has 3 heterocycles. The first-order valence-corrected chi connectivity index (χ1v) is 10.2. The van der Waals surface area contributed by atoms with Crippen LogP contribution in [0.4, 0.5) is 0 Å². The van der Waals surface area contributed by atoms with E-state index in [0.717, 1.165) is 48.7 Å². The molecule has 6 nitrogen and oxygen atoms in total. The van der Waals surface area contributed by atoms with Crippen LogP contribution in [-0.2, 0) is 0 Å². The Bertz CT molecular complexity index is 904. The van der Waals surface area contributed by atoms with Crippen LogP contribution in [0, 0.1) is 0 Å². The number of amides is 1. The molecule has 4 rings (SSSR count). The van der Waals surface area contributed by atoms with Crippen LogP contribution in [-0.4, -0.2) is 51.2 Å². The summed E-state index contributed by atoms with van der Waals surface area (Å²) in [5.74, 6) is 0.0310. The van der Waals surface area contributed by atoms with Gasteiger partial charge in [-0.3, -0.25) is 4.79 Å². The van der Waals surface area contributed by atoms with Crippen molar-refractivity contribution in [3.8, 4) is 16.3 Å². The molecule has 1 aliphatic heterocycles. The number of carbonyl (C=O) groups is 1. The van der Waals surface area contributed by atoms with Gasteiger partial charge in [0, 0.05) is 36.3 Å². The molecule has 1 atom stereocenters. The highest BCUT2D eigenvalue weighted by Crippen LogP contribution is 2.25. The summed E-state index contributed by atoms with van der Waals surface area (Å²) in [5.41, 5.74) is 2.45. The number of benzene rings is 1. The van der Waals surface area contributed by atoms with Gasteiger partial charge in [-0.05, 0) is 31.5 Å². The lowest BCUT2D eigenvalue weighted by Crippen LogP contribution is -2.42. The van der Waals surface area contributed by atoms with Gasteiger partial charge in [-0.15, -0.1) is 23.7 Å². The van der Waals surface area contributed by atoms with Crippen LogP contribution in [0.25, 0.3) is 16.3 Å². The number of carbonyl (C=O) groups excluding carboxylic acids is 1. The molecule has 0 bridgehead atoms. The van der Waals surface area contributed by atoms with Gasteiger partial charge < -0.3 is 10.2 Å². The second-order valence-electron chi connectivity index (χ2n) is 6.69. The van der Waals surface area contributed by atoms with Crippen LogP contribution < -0.4 is 5.32 Å². The maximum absolute atomic E-state index is 13.0. The summed E-state index contributed by atoms with van der Waals surface area (Å²) >= 11 is 1.49. The lowest BCUT2D eigenvalue weighted by atomic mass is 10.2. The zero-order chi connectivity index (χ0) is 18.6. The molecule has 1 saturated heterocycles. The molecule has 0 unspecified atom stereocenters. The Morgan fingerprint density at radius 1 is 1.36 bits per heavy atom. The summed E-state index contributed by atoms with van der Waals surface area (Å²) in [6.45, 7) is 4.71. The van der Waals surface area contributed by atoms with Gasteiger partial charge in [-0.1, -0.05) is 25.1 Å². The van der Waals surface area contributed by atoms with Gasteiger partial charge in [-0.2, -0.15) is 5.10 Å². The van der Waals surface area contributed by atoms with E-state index in [1.165, 1.54) is 11.3 Å². The van der Waals surface area contributed by atoms with Crippen LogP contribution >= 0.6 is 23.7 Å². The van der Waals surface area contributed by atoms with E-state index in [1.54, 1.807) is 6.20 Å². The van der Waals surface area contributed by atoms with Crippen molar-refractivity contribution >= 4 is 29.7 Å². The Morgan fingerprint density at radius 2 is 2.18 bits per heavy atom. The molecule has 0 spiro atoms. The van der Waals surface area contributed by atoms with Crippen molar-refractivity contribution in [3.63, 3.8) is 0 Å². The van der Waals surface area contributed by atoms with E-state index in [1.807, 2.05) is 51.5 Å². The van der Waals surface area contributed by atoms with E-state index >= 15 is 0 Å². The molecule has 1 aromatic carbocycles. The maximum Gasteiger partial charge on any atom is 0.273 e. The third-order valence-corrected chi connectivity index (χ3v) is 5.67. The molecule has 28 heavy (non-hydrogen) atoms. The summed E-state index contributed by atoms with van der Waals surface area (Å²) in [7, 11) is 0. The van der Waals surface area contributed by atoms with Crippen molar-refractivity contribution in [2.75, 3.05) is 19.6 Å². The number of para-hydroxylation sites is 1. The molecular formula is C20H24ClN5OS. The molecule has 8 heteroatoms. The first-order chi connectivity index (χ1) is 13.3. The highest BCUT2D eigenvalue weighted by atomic mass is 35.5. The Labute approximate surface area is 175 Å². The largest absolute Gasteiger partial charge is 0.333 e. The molecule has 0 radical (unpaired) electrons. The predicted octanol–water partition coefficient (Wildman–Crippen LogP) is 3.63. The molecule has 1 fully saturated rings. The SMILES string of the molecule is CCCN(C(=O)c1csc(-c2cnn(-c3ccccc3)c2)n1)[C@@H]1CCNC1.Cl. The molecule has 148 valence electrons. The second-order valence-corrected chi connectivity index (χ2v) is 7.55. The zero-order valence-electron chi connectivity index (χ0n) is 15.7. The van der Waals surface area contributed by atoms with E-state index in [2.05, 4.69) is 22.3 Å². The maximum atomic E-state index is 13.0. The minimum atomic E-state index is 0. The number of nitrogens with one attached hydrogen (secondary N) is 1. The number of nitrogens with zero attached hydrogens (tertiary/aromatic N) is 4. The smallest absolute Gasteiger partial charge is 0.273 e. The Hall–Kier alpha value is -2.22. The Kier molecular flexibility index (Phi) is 6.83. The van der Waals surface area contributed by atoms with Crippen LogP contribution in [0.15, 0.2) is 48.1 Å². The van der Waals surface area contributed by atoms with E-state index in [9.17, 15) is 4.79 Å². The van der Waals surface area contributed by atoms with Crippen LogP contribution in [0.3, 0.4) is 0 Å². The van der Waals surface area contributed by atoms with Crippen molar-refractivity contribution in [2.45, 2.75) is 25.8 Å². The Balaban J connectivity index is 0.00000225. The van der Waals surface area contributed by atoms with Gasteiger partial charge in [0.25, 0.3) is 5.91 Å². The molecular weight excluding hydrogens is 394 g/mol. The van der Waals surface area contributed by atoms with Crippen molar-refractivity contribution in [1.82, 2.24) is 25.0 Å². The van der Waals surface area contributed by atoms with Crippen molar-refractivity contribution in [2.24, 2.45) is 0 Å². The number of hydrogen-bond donors (Lipinski definition) is 1. The molecule has 2 aromatic heterocycles. The van der Waals surface area contributed by atoms with Crippen molar-refractivity contribution < 1.29 is 4.79 Å². The van der Waals surface area contributed by atoms with E-state index in [-0.39, 0.29) is 24.4 Å². The highest BCUT2D eigenvalue weighted by Gasteiger charge is 2.28. The predicted molar refractivity (Wildman–Crippen MR) is 115 cm³/mol. The van der Waals surface area contributed by atoms with Crippen molar-refractivity contribution in [1.29, 1.82) is 0 Å². The average Bonchev–Trinajstić information content (AvgIpc) is 3.47. The third kappa shape index (κ3) is 4.27. The van der Waals surface area contributed by atoms with Gasteiger partial charge in [-0.25, -0.2) is 9.67 Å². The van der Waals surface area contributed by atoms with Gasteiger partial charge in [0.1, 0.15) is 10.7 Å². The van der Waals surface area contributed by atoms with Gasteiger partial charge >= 0.3 is 0 Å². The standard InChI is InChI=1S/C20H23N5OS.ClH/c1-2-10-24(17-8-9-21-12-17)20(26)18-14-27-19(23-18)15-11-22-25(13-15)16-6-4-3-5-7-16;/h3-7,11,13-14,17,21H,2,8-10,12H2,1H3;1H/t17-;/m1./s1. The summed E-state index contributed by atoms with van der Waals surface area (Å²) in [6.07, 6.45) is 5.70. The topological polar surface area (TPSA) is 63.1 Å². The van der Waals surface area contributed by atoms with Gasteiger partial charge in [0.15, 0.2) is 0 Å². The summed E-state index contributed by atoms with van der Waals surface area (Å²) in [6, 6.07) is 10.2. The minimum Gasteiger partial charge on any atom is -0.333 e. The number of halogens is 1. The number of hydrogen-bond acceptors (Lipinski definition) is 5. The number of rotatable bonds is 6. The average molecular weight is 418 g/mol. The quantitative estimate of drug-likeness (QED) is 0.665. The van der Waals surface area contributed by atoms with Gasteiger partial charge in [0.05, 0.1) is 11.9 Å². The number of thiazole rings is 1. The minimum absolute atomic E-state index is 0. The van der Waals surface area contributed by atoms with Crippen LogP contribution in [0.5, 0.6) is 0 Å². The molecule has 1 amide bonds. The third-order valence-electron chi connectivity index (χ3n) is 4.77. The first kappa shape index (κ1) is 20.5. The van der Waals surface area contributed by atoms with E-state index in [4.69, 9.17) is 0 Å². The molecule has 0 aliphatic carbocycles. The van der Waals surface area contributed by atoms with Crippen LogP contribution in [0.1, 0.15) is 30.3 Å². The van der Waals surface area contributed by atoms with Crippen LogP contribution in [0.2, 0.25) is 0 Å². The monoisotopic (exact) mass is 417 g/mol. The Morgan fingerprint density at radius 3 is 2.89 bits per heavy atom. The highest BCUT2D eigenvalue weighted by molar-refractivity contribution is 7.13. The molecule has 3 aromatic rings. The lowest BCUT2D eigenvalue weighted by molar-refractivity contribution is 0.0687. The van der Waals surface area contributed by atoms with E-state index < -0.39 is 0 Å². The normalized spacial score (nSPS) is 16.0. The summed E-state index contributed by atoms with van der Waals surface area (Å²) in [5, 5.41) is 10.5. The summed E-state index contributed by atoms with van der Waals surface area (Å²) in [4.78, 5) is 19.6. The fraction of sp³-hybridized carbons (Fsp3) is 0.350. The molecule has 1 N–H and O–H groups in total. The van der Waals surface area contributed by atoms with Gasteiger partial charge in [0.2, 0.25) is 0 Å². The second kappa shape index (κ2) is 9.32. The number of aromatic nitrogens is 3. The fourth-order valence-electron chi connectivity index (χ4n) is 3.40. The zero-order valence-corrected chi connectivity index (χ0v) is 17.4. The summed E-state index contributed by atoms with van der Waals surface area (Å²) < 4.78 is 1.83.